The first-order valence-corrected chi connectivity index (χ1v) is 3.83. The van der Waals surface area contributed by atoms with Crippen LogP contribution in [-0.2, 0) is 0 Å². The Morgan fingerprint density at radius 1 is 1.45 bits per heavy atom. The lowest BCUT2D eigenvalue weighted by Crippen LogP contribution is -2.11. The Hall–Kier alpha value is -0.470. The summed E-state index contributed by atoms with van der Waals surface area (Å²) in [5, 5.41) is 0. The third-order valence-corrected chi connectivity index (χ3v) is 1.35. The molecule has 0 amide bonds. The second-order valence-electron chi connectivity index (χ2n) is 2.78. The van der Waals surface area contributed by atoms with Crippen molar-refractivity contribution in [2.45, 2.75) is 39.5 Å². The molecule has 0 rings (SSSR count). The molecule has 0 radical (unpaired) electrons. The first-order chi connectivity index (χ1) is 4.95. The van der Waals surface area contributed by atoms with Gasteiger partial charge in [-0.25, -0.2) is 8.78 Å². The molecule has 0 aromatic carbocycles. The number of hydrogen-bond donors (Lipinski definition) is 0. The number of rotatable bonds is 4. The minimum absolute atomic E-state index is 0.0949. The van der Waals surface area contributed by atoms with Gasteiger partial charge in [-0.05, 0) is 27.2 Å². The highest BCUT2D eigenvalue weighted by Crippen LogP contribution is 2.18. The maximum Gasteiger partial charge on any atom is 0.245 e. The molecule has 0 atom stereocenters. The van der Waals surface area contributed by atoms with Crippen LogP contribution in [0.25, 0.3) is 0 Å². The van der Waals surface area contributed by atoms with Crippen LogP contribution in [0.4, 0.5) is 8.78 Å². The van der Waals surface area contributed by atoms with E-state index in [1.807, 2.05) is 6.92 Å². The lowest BCUT2D eigenvalue weighted by Gasteiger charge is -2.08. The van der Waals surface area contributed by atoms with Gasteiger partial charge in [0.2, 0.25) is 5.92 Å². The molecule has 0 aliphatic rings. The fraction of sp³-hybridized carbons (Fsp3) is 0.875. The van der Waals surface area contributed by atoms with E-state index in [9.17, 15) is 8.78 Å². The molecule has 1 nitrogen and oxygen atoms in total. The van der Waals surface area contributed by atoms with Gasteiger partial charge in [-0.15, -0.1) is 0 Å². The van der Waals surface area contributed by atoms with Gasteiger partial charge in [0, 0.05) is 18.7 Å². The predicted molar refractivity (Wildman–Crippen MR) is 43.5 cm³/mol. The molecule has 0 aromatic heterocycles. The quantitative estimate of drug-likeness (QED) is 0.565. The van der Waals surface area contributed by atoms with Crippen molar-refractivity contribution < 1.29 is 8.78 Å². The van der Waals surface area contributed by atoms with E-state index >= 15 is 0 Å². The van der Waals surface area contributed by atoms with Gasteiger partial charge in [-0.2, -0.15) is 0 Å². The summed E-state index contributed by atoms with van der Waals surface area (Å²) in [6, 6.07) is 0. The highest BCUT2D eigenvalue weighted by molar-refractivity contribution is 5.81. The average molecular weight is 163 g/mol. The monoisotopic (exact) mass is 163 g/mol. The number of hydrogen-bond acceptors (Lipinski definition) is 1. The third kappa shape index (κ3) is 7.43. The SMILES string of the molecule is CCN=C(C)CCC(C)(F)F. The summed E-state index contributed by atoms with van der Waals surface area (Å²) in [6.07, 6.45) is 0.305. The molecule has 66 valence electrons. The first-order valence-electron chi connectivity index (χ1n) is 3.83. The highest BCUT2D eigenvalue weighted by Gasteiger charge is 2.20. The van der Waals surface area contributed by atoms with E-state index in [0.29, 0.717) is 13.0 Å². The van der Waals surface area contributed by atoms with E-state index in [-0.39, 0.29) is 6.42 Å². The van der Waals surface area contributed by atoms with Gasteiger partial charge in [0.1, 0.15) is 0 Å². The van der Waals surface area contributed by atoms with Crippen LogP contribution in [0.3, 0.4) is 0 Å². The Morgan fingerprint density at radius 2 is 2.00 bits per heavy atom. The summed E-state index contributed by atoms with van der Waals surface area (Å²) in [5.41, 5.74) is 0.814. The molecule has 0 heterocycles. The highest BCUT2D eigenvalue weighted by atomic mass is 19.3. The molecule has 0 aliphatic heterocycles. The van der Waals surface area contributed by atoms with Gasteiger partial charge < -0.3 is 0 Å². The van der Waals surface area contributed by atoms with Crippen LogP contribution in [0.5, 0.6) is 0 Å². The third-order valence-electron chi connectivity index (χ3n) is 1.35. The molecule has 0 saturated heterocycles. The van der Waals surface area contributed by atoms with Gasteiger partial charge in [-0.3, -0.25) is 4.99 Å². The van der Waals surface area contributed by atoms with Crippen molar-refractivity contribution >= 4 is 5.71 Å². The van der Waals surface area contributed by atoms with Crippen LogP contribution in [0.2, 0.25) is 0 Å². The molecule has 0 aliphatic carbocycles. The zero-order valence-electron chi connectivity index (χ0n) is 7.32. The van der Waals surface area contributed by atoms with Crippen LogP contribution in [0.15, 0.2) is 4.99 Å². The second kappa shape index (κ2) is 4.42. The van der Waals surface area contributed by atoms with Gasteiger partial charge in [-0.1, -0.05) is 0 Å². The number of aliphatic imine (C=N–C) groups is 1. The van der Waals surface area contributed by atoms with Gasteiger partial charge in [0.05, 0.1) is 0 Å². The molecule has 0 saturated carbocycles. The van der Waals surface area contributed by atoms with Crippen LogP contribution in [-0.4, -0.2) is 18.2 Å². The molecule has 0 bridgehead atoms. The molecule has 0 unspecified atom stereocenters. The summed E-state index contributed by atoms with van der Waals surface area (Å²) in [5.74, 6) is -2.55. The lowest BCUT2D eigenvalue weighted by atomic mass is 10.1. The Balaban J connectivity index is 3.62. The standard InChI is InChI=1S/C8H15F2N/c1-4-11-7(2)5-6-8(3,9)10/h4-6H2,1-3H3. The number of halogens is 2. The van der Waals surface area contributed by atoms with E-state index in [1.165, 1.54) is 0 Å². The molecule has 0 aromatic rings. The zero-order valence-corrected chi connectivity index (χ0v) is 7.32. The summed E-state index contributed by atoms with van der Waals surface area (Å²) in [4.78, 5) is 4.01. The van der Waals surface area contributed by atoms with E-state index in [1.54, 1.807) is 6.92 Å². The largest absolute Gasteiger partial charge is 0.295 e. The topological polar surface area (TPSA) is 12.4 Å². The molecule has 0 fully saturated rings. The van der Waals surface area contributed by atoms with Crippen molar-refractivity contribution in [1.82, 2.24) is 0 Å². The van der Waals surface area contributed by atoms with Crippen LogP contribution >= 0.6 is 0 Å². The lowest BCUT2D eigenvalue weighted by molar-refractivity contribution is 0.0150. The molecule has 0 spiro atoms. The van der Waals surface area contributed by atoms with E-state index < -0.39 is 5.92 Å². The Labute approximate surface area is 66.5 Å². The van der Waals surface area contributed by atoms with Crippen molar-refractivity contribution in [2.24, 2.45) is 4.99 Å². The van der Waals surface area contributed by atoms with E-state index in [4.69, 9.17) is 0 Å². The van der Waals surface area contributed by atoms with Gasteiger partial charge >= 0.3 is 0 Å². The number of nitrogens with zero attached hydrogens (tertiary/aromatic N) is 1. The van der Waals surface area contributed by atoms with Crippen molar-refractivity contribution in [3.63, 3.8) is 0 Å². The van der Waals surface area contributed by atoms with Gasteiger partial charge in [0.15, 0.2) is 0 Å². The van der Waals surface area contributed by atoms with E-state index in [0.717, 1.165) is 12.6 Å². The van der Waals surface area contributed by atoms with Crippen molar-refractivity contribution in [2.75, 3.05) is 6.54 Å². The second-order valence-corrected chi connectivity index (χ2v) is 2.78. The van der Waals surface area contributed by atoms with Crippen LogP contribution in [0.1, 0.15) is 33.6 Å². The minimum Gasteiger partial charge on any atom is -0.295 e. The number of alkyl halides is 2. The smallest absolute Gasteiger partial charge is 0.245 e. The maximum absolute atomic E-state index is 12.3. The minimum atomic E-state index is -2.55. The molecular weight excluding hydrogens is 148 g/mol. The van der Waals surface area contributed by atoms with Gasteiger partial charge in [0.25, 0.3) is 0 Å². The first kappa shape index (κ1) is 10.5. The molecule has 0 N–H and O–H groups in total. The van der Waals surface area contributed by atoms with Crippen molar-refractivity contribution in [3.05, 3.63) is 0 Å². The summed E-state index contributed by atoms with van der Waals surface area (Å²) in [6.45, 7) is 5.30. The molecule has 11 heavy (non-hydrogen) atoms. The predicted octanol–water partition coefficient (Wildman–Crippen LogP) is 2.90. The van der Waals surface area contributed by atoms with Crippen molar-refractivity contribution in [3.8, 4) is 0 Å². The Morgan fingerprint density at radius 3 is 2.36 bits per heavy atom. The summed E-state index contributed by atoms with van der Waals surface area (Å²) >= 11 is 0. The Kier molecular flexibility index (Phi) is 4.23. The zero-order chi connectivity index (χ0) is 8.91. The summed E-state index contributed by atoms with van der Waals surface area (Å²) in [7, 11) is 0. The average Bonchev–Trinajstić information content (AvgIpc) is 1.83. The molecule has 3 heteroatoms. The normalized spacial score (nSPS) is 13.7. The van der Waals surface area contributed by atoms with Crippen LogP contribution in [0, 0.1) is 0 Å². The summed E-state index contributed by atoms with van der Waals surface area (Å²) < 4.78 is 24.5. The van der Waals surface area contributed by atoms with Crippen LogP contribution < -0.4 is 0 Å². The fourth-order valence-corrected chi connectivity index (χ4v) is 0.749. The fourth-order valence-electron chi connectivity index (χ4n) is 0.749. The van der Waals surface area contributed by atoms with E-state index in [2.05, 4.69) is 4.99 Å². The Bertz CT molecular complexity index is 136. The molecular formula is C8H15F2N. The van der Waals surface area contributed by atoms with Crippen molar-refractivity contribution in [1.29, 1.82) is 0 Å². The maximum atomic E-state index is 12.3.